The Kier molecular flexibility index (Phi) is 18.5. The Morgan fingerprint density at radius 3 is 1.30 bits per heavy atom. The molecular formula is C64H59N3O20. The number of carbonyl (C=O) groups excluding carboxylic acids is 4. The predicted molar refractivity (Wildman–Crippen MR) is 308 cm³/mol. The largest absolute Gasteiger partial charge is 0.481 e. The number of para-hydroxylation sites is 3. The molecule has 0 unspecified atom stereocenters. The summed E-state index contributed by atoms with van der Waals surface area (Å²) in [4.78, 5) is 98.8. The lowest BCUT2D eigenvalue weighted by Crippen LogP contribution is -2.64. The fraction of sp³-hybridized carbons (Fsp3) is 0.266. The van der Waals surface area contributed by atoms with E-state index in [9.17, 15) is 38.7 Å². The van der Waals surface area contributed by atoms with Crippen LogP contribution in [0.3, 0.4) is 0 Å². The lowest BCUT2D eigenvalue weighted by atomic mass is 9.97. The van der Waals surface area contributed by atoms with Gasteiger partial charge in [0.15, 0.2) is 30.7 Å². The lowest BCUT2D eigenvalue weighted by Gasteiger charge is -2.42. The van der Waals surface area contributed by atoms with E-state index in [4.69, 9.17) is 54.3 Å². The molecule has 0 bridgehead atoms. The summed E-state index contributed by atoms with van der Waals surface area (Å²) in [6, 6.07) is 37.5. The molecular weight excluding hydrogens is 1130 g/mol. The summed E-state index contributed by atoms with van der Waals surface area (Å²) < 4.78 is 34.1. The summed E-state index contributed by atoms with van der Waals surface area (Å²) in [5.41, 5.74) is 9.86. The second-order valence-electron chi connectivity index (χ2n) is 20.9. The third kappa shape index (κ3) is 13.8. The van der Waals surface area contributed by atoms with E-state index in [1.165, 1.54) is 5.56 Å². The summed E-state index contributed by atoms with van der Waals surface area (Å²) in [5.74, 6) is -7.31. The number of benzene rings is 5. The zero-order valence-electron chi connectivity index (χ0n) is 46.1. The molecule has 0 amide bonds. The van der Waals surface area contributed by atoms with Crippen LogP contribution >= 0.6 is 0 Å². The number of esters is 4. The molecule has 10 N–H and O–H groups in total. The third-order valence-corrected chi connectivity index (χ3v) is 15.2. The van der Waals surface area contributed by atoms with E-state index in [0.29, 0.717) is 28.7 Å². The van der Waals surface area contributed by atoms with Gasteiger partial charge in [0.2, 0.25) is 12.4 Å². The number of aromatic amines is 3. The Morgan fingerprint density at radius 1 is 0.425 bits per heavy atom. The van der Waals surface area contributed by atoms with Gasteiger partial charge in [-0.2, -0.15) is 0 Å². The van der Waals surface area contributed by atoms with Gasteiger partial charge in [-0.3, -0.25) is 24.0 Å². The van der Waals surface area contributed by atoms with Crippen molar-refractivity contribution in [1.29, 1.82) is 0 Å². The maximum absolute atomic E-state index is 14.0. The molecule has 0 radical (unpaired) electrons. The minimum absolute atomic E-state index is 0.136. The predicted octanol–water partition coefficient (Wildman–Crippen LogP) is 5.25. The van der Waals surface area contributed by atoms with Gasteiger partial charge in [0.1, 0.15) is 18.3 Å². The van der Waals surface area contributed by atoms with Crippen molar-refractivity contribution in [2.45, 2.75) is 106 Å². The highest BCUT2D eigenvalue weighted by atomic mass is 16.7. The van der Waals surface area contributed by atoms with Gasteiger partial charge in [0.25, 0.3) is 0 Å². The number of carbonyl (C=O) groups is 7. The van der Waals surface area contributed by atoms with E-state index in [-0.39, 0.29) is 32.1 Å². The van der Waals surface area contributed by atoms with Crippen LogP contribution in [-0.2, 0) is 94.1 Å². The maximum Gasteiger partial charge on any atom is 0.337 e. The van der Waals surface area contributed by atoms with Crippen molar-refractivity contribution in [2.24, 2.45) is 0 Å². The first-order valence-corrected chi connectivity index (χ1v) is 27.6. The third-order valence-electron chi connectivity index (χ3n) is 15.2. The van der Waals surface area contributed by atoms with Gasteiger partial charge in [0, 0.05) is 51.3 Å². The van der Waals surface area contributed by atoms with Crippen LogP contribution in [0.4, 0.5) is 0 Å². The number of aliphatic hydroxyl groups excluding tert-OH is 4. The number of ether oxygens (including phenoxy) is 6. The van der Waals surface area contributed by atoms with E-state index in [1.54, 1.807) is 18.6 Å². The average Bonchev–Trinajstić information content (AvgIpc) is 2.85. The quantitative estimate of drug-likeness (QED) is 0.0436. The number of aliphatic carboxylic acids is 3. The highest BCUT2D eigenvalue weighted by Crippen LogP contribution is 2.35. The zero-order chi connectivity index (χ0) is 61.5. The van der Waals surface area contributed by atoms with Gasteiger partial charge < -0.3 is 79.1 Å². The van der Waals surface area contributed by atoms with Crippen molar-refractivity contribution >= 4 is 85.6 Å². The Bertz CT molecular complexity index is 3950. The normalized spacial score (nSPS) is 22.7. The summed E-state index contributed by atoms with van der Waals surface area (Å²) in [7, 11) is 0. The number of H-pyrrole nitrogens is 3. The molecule has 450 valence electrons. The number of aromatic nitrogens is 3. The highest BCUT2D eigenvalue weighted by Gasteiger charge is 2.56. The molecule has 10 atom stereocenters. The molecule has 8 aromatic rings. The number of hydrogen-bond acceptors (Lipinski definition) is 17. The maximum atomic E-state index is 14.0. The van der Waals surface area contributed by atoms with Crippen molar-refractivity contribution in [3.63, 3.8) is 0 Å². The molecule has 3 aromatic heterocycles. The zero-order valence-corrected chi connectivity index (χ0v) is 46.1. The number of carboxylic acids is 3. The molecule has 5 heterocycles. The molecule has 0 saturated carbocycles. The SMILES string of the molecule is O=C(Cc1c[nH]c2ccccc12)O[C@H]1O[C@H](C(=O)O)[C@@H](OC(=O)CC2=CCc3ccccc32)[C@H](OC(=O)Cc2c[nH]c3ccccc23)[C@H]1OC(=O)Cc1c[nH]c2ccccc12.O=C(O)CC1=CCc2ccccc21.O=C(O)[C@H]1O[C@H](O)[C@H](O)[C@@H](O)[C@@H]1O. The first-order chi connectivity index (χ1) is 41.9. The van der Waals surface area contributed by atoms with Crippen LogP contribution in [-0.4, -0.2) is 154 Å². The molecule has 2 aliphatic carbocycles. The summed E-state index contributed by atoms with van der Waals surface area (Å²) in [6.07, 6.45) is -8.82. The van der Waals surface area contributed by atoms with Crippen molar-refractivity contribution in [3.05, 3.63) is 191 Å². The fourth-order valence-corrected chi connectivity index (χ4v) is 11.0. The Morgan fingerprint density at radius 2 is 0.828 bits per heavy atom. The van der Waals surface area contributed by atoms with E-state index >= 15 is 0 Å². The minimum Gasteiger partial charge on any atom is -0.481 e. The van der Waals surface area contributed by atoms with Crippen molar-refractivity contribution in [3.8, 4) is 0 Å². The first kappa shape index (κ1) is 60.4. The molecule has 2 fully saturated rings. The van der Waals surface area contributed by atoms with Gasteiger partial charge in [-0.15, -0.1) is 0 Å². The van der Waals surface area contributed by atoms with Crippen LogP contribution in [0.15, 0.2) is 152 Å². The number of fused-ring (bicyclic) bond motifs is 5. The molecule has 5 aromatic carbocycles. The number of rotatable bonds is 16. The molecule has 2 saturated heterocycles. The van der Waals surface area contributed by atoms with Crippen LogP contribution in [0.2, 0.25) is 0 Å². The molecule has 0 spiro atoms. The van der Waals surface area contributed by atoms with Crippen molar-refractivity contribution in [1.82, 2.24) is 15.0 Å². The minimum atomic E-state index is -2.03. The molecule has 23 nitrogen and oxygen atoms in total. The van der Waals surface area contributed by atoms with E-state index < -0.39 is 103 Å². The number of nitrogens with one attached hydrogen (secondary N) is 3. The van der Waals surface area contributed by atoms with Gasteiger partial charge >= 0.3 is 41.8 Å². The standard InChI is InChI=1S/C47H39N3O11.C11H10O2.C6H10O7/c51-38(19-27-18-17-26-9-1-2-10-31(26)27)57-42-43(58-39(52)20-28-23-48-35-14-6-3-11-32(28)35)45(59-40(53)21-29-24-49-36-15-7-4-12-33(29)36)47(61-44(42)46(55)56)60-41(54)22-30-25-50-37-16-8-5-13-34(30)37;12-11(13)7-9-6-5-8-3-1-2-4-10(8)9;7-1-2(8)4(5(10)11)13-6(12)3(1)9/h1-16,18,23-25,42-45,47-50H,17,19-22H2,(H,55,56);1-4,6H,5,7H2,(H,12,13);1-4,6-9,12H,(H,10,11)/t42-,43-,44-,45+,47-;;1-,2-,3+,4-,6-/m0.0/s1. The average molecular weight is 1190 g/mol. The summed E-state index contributed by atoms with van der Waals surface area (Å²) in [5, 5.41) is 65.9. The van der Waals surface area contributed by atoms with Gasteiger partial charge in [-0.1, -0.05) is 115 Å². The Hall–Kier alpha value is -9.75. The number of carboxylic acid groups (broad SMARTS) is 3. The highest BCUT2D eigenvalue weighted by molar-refractivity contribution is 5.91. The van der Waals surface area contributed by atoms with E-state index in [2.05, 4.69) is 19.7 Å². The van der Waals surface area contributed by atoms with Crippen LogP contribution in [0.1, 0.15) is 51.8 Å². The lowest BCUT2D eigenvalue weighted by molar-refractivity contribution is -0.294. The van der Waals surface area contributed by atoms with Crippen LogP contribution in [0.5, 0.6) is 0 Å². The van der Waals surface area contributed by atoms with E-state index in [0.717, 1.165) is 61.4 Å². The second-order valence-corrected chi connectivity index (χ2v) is 20.9. The van der Waals surface area contributed by atoms with Crippen LogP contribution < -0.4 is 0 Å². The Balaban J connectivity index is 0.000000263. The summed E-state index contributed by atoms with van der Waals surface area (Å²) in [6.45, 7) is 0. The number of aliphatic hydroxyl groups is 4. The smallest absolute Gasteiger partial charge is 0.337 e. The molecule has 2 aliphatic heterocycles. The number of allylic oxidation sites excluding steroid dienone is 2. The monoisotopic (exact) mass is 1190 g/mol. The molecule has 23 heteroatoms. The molecule has 12 rings (SSSR count). The topological polar surface area (TPSA) is 364 Å². The van der Waals surface area contributed by atoms with Crippen LogP contribution in [0.25, 0.3) is 43.9 Å². The molecule has 4 aliphatic rings. The van der Waals surface area contributed by atoms with Gasteiger partial charge in [-0.25, -0.2) is 9.59 Å². The fourth-order valence-electron chi connectivity index (χ4n) is 11.0. The molecule has 87 heavy (non-hydrogen) atoms. The van der Waals surface area contributed by atoms with Crippen molar-refractivity contribution < 1.29 is 97.7 Å². The van der Waals surface area contributed by atoms with Gasteiger partial charge in [-0.05, 0) is 81.1 Å². The Labute approximate surface area is 494 Å². The number of hydrogen-bond donors (Lipinski definition) is 10. The van der Waals surface area contributed by atoms with Crippen molar-refractivity contribution in [2.75, 3.05) is 0 Å². The summed E-state index contributed by atoms with van der Waals surface area (Å²) >= 11 is 0. The van der Waals surface area contributed by atoms with Gasteiger partial charge in [0.05, 0.1) is 32.1 Å². The first-order valence-electron chi connectivity index (χ1n) is 27.6. The second kappa shape index (κ2) is 26.7. The van der Waals surface area contributed by atoms with Crippen LogP contribution in [0, 0.1) is 0 Å². The van der Waals surface area contributed by atoms with E-state index in [1.807, 2.05) is 133 Å².